The Morgan fingerprint density at radius 2 is 2.13 bits per heavy atom. The summed E-state index contributed by atoms with van der Waals surface area (Å²) in [5.41, 5.74) is 6.00. The van der Waals surface area contributed by atoms with Crippen LogP contribution in [0.5, 0.6) is 0 Å². The Bertz CT molecular complexity index is 954. The molecule has 4 unspecified atom stereocenters. The third-order valence-electron chi connectivity index (χ3n) is 4.50. The molecule has 16 heteroatoms. The highest BCUT2D eigenvalue weighted by molar-refractivity contribution is 7.47. The maximum Gasteiger partial charge on any atom is 0.472 e. The van der Waals surface area contributed by atoms with Gasteiger partial charge in [0.15, 0.2) is 23.9 Å². The smallest absolute Gasteiger partial charge is 0.387 e. The van der Waals surface area contributed by atoms with Gasteiger partial charge in [-0.15, -0.1) is 0 Å². The number of aromatic nitrogens is 4. The summed E-state index contributed by atoms with van der Waals surface area (Å²) in [7, 11) is -1.72. The fourth-order valence-corrected chi connectivity index (χ4v) is 3.85. The van der Waals surface area contributed by atoms with Gasteiger partial charge in [0.1, 0.15) is 23.8 Å². The van der Waals surface area contributed by atoms with Crippen LogP contribution >= 0.6 is 19.4 Å². The third kappa shape index (κ3) is 5.48. The summed E-state index contributed by atoms with van der Waals surface area (Å²) in [4.78, 5) is 21.5. The summed E-state index contributed by atoms with van der Waals surface area (Å²) in [6.07, 6.45) is -5.64. The van der Waals surface area contributed by atoms with E-state index in [1.54, 1.807) is 0 Å². The number of hydrogen-bond donors (Lipinski definition) is 3. The summed E-state index contributed by atoms with van der Waals surface area (Å²) >= 11 is 5.80. The van der Waals surface area contributed by atoms with Gasteiger partial charge in [0.2, 0.25) is 5.28 Å². The molecule has 1 saturated heterocycles. The lowest BCUT2D eigenvalue weighted by Gasteiger charge is -2.19. The van der Waals surface area contributed by atoms with Crippen LogP contribution in [0.25, 0.3) is 11.2 Å². The number of imidazole rings is 1. The van der Waals surface area contributed by atoms with Crippen molar-refractivity contribution in [2.24, 2.45) is 0 Å². The van der Waals surface area contributed by atoms with Crippen LogP contribution in [0.15, 0.2) is 6.33 Å². The molecular weight excluding hydrogens is 464 g/mol. The topological polar surface area (TPSA) is 173 Å². The minimum atomic E-state index is -4.54. The molecule has 0 spiro atoms. The number of ether oxygens (including phenoxy) is 3. The molecule has 0 bridgehead atoms. The molecule has 0 aromatic carbocycles. The van der Waals surface area contributed by atoms with Gasteiger partial charge in [-0.3, -0.25) is 13.6 Å². The second-order valence-corrected chi connectivity index (χ2v) is 8.37. The van der Waals surface area contributed by atoms with Gasteiger partial charge in [0.05, 0.1) is 26.1 Å². The number of halogens is 2. The van der Waals surface area contributed by atoms with Gasteiger partial charge < -0.3 is 29.9 Å². The Hall–Kier alpha value is -1.48. The van der Waals surface area contributed by atoms with Gasteiger partial charge >= 0.3 is 7.82 Å². The zero-order valence-electron chi connectivity index (χ0n) is 16.5. The minimum Gasteiger partial charge on any atom is -0.387 e. The van der Waals surface area contributed by atoms with Crippen LogP contribution in [-0.2, 0) is 27.8 Å². The zero-order valence-corrected chi connectivity index (χ0v) is 18.1. The van der Waals surface area contributed by atoms with Crippen molar-refractivity contribution >= 4 is 36.4 Å². The van der Waals surface area contributed by atoms with Crippen LogP contribution in [0.1, 0.15) is 6.23 Å². The molecule has 0 radical (unpaired) electrons. The number of anilines is 1. The maximum absolute atomic E-state index is 14.7. The predicted molar refractivity (Wildman–Crippen MR) is 104 cm³/mol. The number of nitrogens with two attached hydrogens (primary N) is 1. The quantitative estimate of drug-likeness (QED) is 0.313. The number of nitrogen functional groups attached to an aromatic ring is 1. The number of phosphoric acid groups is 1. The largest absolute Gasteiger partial charge is 0.472 e. The first-order valence-corrected chi connectivity index (χ1v) is 10.8. The van der Waals surface area contributed by atoms with Crippen molar-refractivity contribution in [3.05, 3.63) is 11.6 Å². The average Bonchev–Trinajstić information content (AvgIpc) is 3.25. The maximum atomic E-state index is 14.7. The Kier molecular flexibility index (Phi) is 7.78. The van der Waals surface area contributed by atoms with Crippen molar-refractivity contribution in [3.8, 4) is 0 Å². The molecule has 174 valence electrons. The molecule has 1 aliphatic heterocycles. The molecule has 6 atom stereocenters. The molecule has 31 heavy (non-hydrogen) atoms. The summed E-state index contributed by atoms with van der Waals surface area (Å²) in [6, 6.07) is 0. The highest BCUT2D eigenvalue weighted by Crippen LogP contribution is 2.45. The zero-order chi connectivity index (χ0) is 22.8. The number of alkyl halides is 1. The fourth-order valence-electron chi connectivity index (χ4n) is 2.91. The first kappa shape index (κ1) is 24.2. The van der Waals surface area contributed by atoms with Gasteiger partial charge in [-0.25, -0.2) is 13.9 Å². The second-order valence-electron chi connectivity index (χ2n) is 6.58. The Morgan fingerprint density at radius 1 is 1.39 bits per heavy atom. The summed E-state index contributed by atoms with van der Waals surface area (Å²) in [5, 5.41) is 10.0. The number of phosphoric ester groups is 1. The van der Waals surface area contributed by atoms with Gasteiger partial charge in [0.25, 0.3) is 0 Å². The van der Waals surface area contributed by atoms with E-state index in [-0.39, 0.29) is 35.5 Å². The molecule has 2 aromatic heterocycles. The molecule has 3 heterocycles. The normalized spacial score (nSPS) is 26.9. The van der Waals surface area contributed by atoms with E-state index in [1.807, 2.05) is 0 Å². The number of fused-ring (bicyclic) bond motifs is 1. The highest BCUT2D eigenvalue weighted by atomic mass is 35.5. The summed E-state index contributed by atoms with van der Waals surface area (Å²) in [5.74, 6) is -0.0104. The molecular formula is C15H22ClFN5O8P. The van der Waals surface area contributed by atoms with E-state index in [2.05, 4.69) is 15.0 Å². The monoisotopic (exact) mass is 485 g/mol. The van der Waals surface area contributed by atoms with Crippen LogP contribution < -0.4 is 5.73 Å². The molecule has 0 amide bonds. The summed E-state index contributed by atoms with van der Waals surface area (Å²) in [6.45, 7) is -0.787. The predicted octanol–water partition coefficient (Wildman–Crippen LogP) is 0.453. The van der Waals surface area contributed by atoms with E-state index in [9.17, 15) is 19.0 Å². The van der Waals surface area contributed by atoms with Crippen molar-refractivity contribution in [1.29, 1.82) is 0 Å². The lowest BCUT2D eigenvalue weighted by Crippen LogP contribution is -2.31. The fraction of sp³-hybridized carbons (Fsp3) is 0.667. The molecule has 1 aliphatic rings. The lowest BCUT2D eigenvalue weighted by molar-refractivity contribution is -0.0499. The number of methoxy groups -OCH3 is 2. The van der Waals surface area contributed by atoms with Crippen LogP contribution in [0, 0.1) is 0 Å². The van der Waals surface area contributed by atoms with E-state index >= 15 is 0 Å². The average molecular weight is 486 g/mol. The molecule has 2 aromatic rings. The number of aliphatic hydroxyl groups excluding tert-OH is 1. The molecule has 0 aliphatic carbocycles. The number of aliphatic hydroxyl groups is 1. The highest BCUT2D eigenvalue weighted by Gasteiger charge is 2.46. The SMILES string of the molecule is COCC(COP(=O)(O)OC[C@H]1O[C@@H](n2cnc3c(N)nc(Cl)nc32)C(F)C1O)OC. The number of hydrogen-bond acceptors (Lipinski definition) is 11. The molecule has 0 saturated carbocycles. The molecule has 13 nitrogen and oxygen atoms in total. The van der Waals surface area contributed by atoms with Crippen LogP contribution in [0.2, 0.25) is 5.28 Å². The van der Waals surface area contributed by atoms with Crippen LogP contribution in [-0.4, -0.2) is 88.0 Å². The Morgan fingerprint density at radius 3 is 2.81 bits per heavy atom. The molecule has 3 rings (SSSR count). The van der Waals surface area contributed by atoms with E-state index in [4.69, 9.17) is 40.6 Å². The van der Waals surface area contributed by atoms with Crippen molar-refractivity contribution in [1.82, 2.24) is 19.5 Å². The lowest BCUT2D eigenvalue weighted by atomic mass is 10.1. The first-order valence-electron chi connectivity index (χ1n) is 8.93. The van der Waals surface area contributed by atoms with Crippen molar-refractivity contribution < 1.29 is 42.2 Å². The van der Waals surface area contributed by atoms with E-state index in [0.717, 1.165) is 0 Å². The first-order chi connectivity index (χ1) is 14.7. The minimum absolute atomic E-state index is 0.0104. The van der Waals surface area contributed by atoms with Crippen molar-refractivity contribution in [2.45, 2.75) is 30.7 Å². The molecule has 4 N–H and O–H groups in total. The van der Waals surface area contributed by atoms with Gasteiger partial charge in [-0.05, 0) is 11.6 Å². The number of rotatable bonds is 10. The van der Waals surface area contributed by atoms with E-state index in [0.29, 0.717) is 0 Å². The second kappa shape index (κ2) is 9.98. The third-order valence-corrected chi connectivity index (χ3v) is 5.62. The van der Waals surface area contributed by atoms with E-state index < -0.39 is 45.1 Å². The number of nitrogens with zero attached hydrogens (tertiary/aromatic N) is 4. The Labute approximate surface area is 180 Å². The van der Waals surface area contributed by atoms with Crippen LogP contribution in [0.3, 0.4) is 0 Å². The van der Waals surface area contributed by atoms with Gasteiger partial charge in [-0.2, -0.15) is 9.97 Å². The van der Waals surface area contributed by atoms with E-state index in [1.165, 1.54) is 25.1 Å². The Balaban J connectivity index is 1.65. The van der Waals surface area contributed by atoms with Gasteiger partial charge in [-0.1, -0.05) is 0 Å². The van der Waals surface area contributed by atoms with Crippen molar-refractivity contribution in [2.75, 3.05) is 39.8 Å². The molecule has 1 fully saturated rings. The van der Waals surface area contributed by atoms with Crippen molar-refractivity contribution in [3.63, 3.8) is 0 Å². The van der Waals surface area contributed by atoms with Crippen LogP contribution in [0.4, 0.5) is 10.2 Å². The van der Waals surface area contributed by atoms with Gasteiger partial charge in [0, 0.05) is 14.2 Å². The standard InChI is InChI=1S/C15H22ClFN5O8P/c1-26-3-7(27-2)4-28-31(24,25)29-5-8-11(23)9(17)14(30-8)22-6-19-10-12(18)20-15(16)21-13(10)22/h6-9,11,14,23H,3-5H2,1-2H3,(H,24,25)(H2,18,20,21)/t7?,8-,9?,11?,14-/m1/s1. The summed E-state index contributed by atoms with van der Waals surface area (Å²) < 4.78 is 53.1.